The van der Waals surface area contributed by atoms with Crippen molar-refractivity contribution in [3.05, 3.63) is 113 Å². The lowest BCUT2D eigenvalue weighted by molar-refractivity contribution is 0.0931. The van der Waals surface area contributed by atoms with Crippen LogP contribution in [0.2, 0.25) is 0 Å². The molecule has 0 aliphatic rings. The lowest BCUT2D eigenvalue weighted by Crippen LogP contribution is -2.29. The zero-order valence-electron chi connectivity index (χ0n) is 20.5. The molecular weight excluding hydrogens is 418 g/mol. The Labute approximate surface area is 202 Å². The smallest absolute Gasteiger partial charge is 0.251 e. The number of benzene rings is 4. The van der Waals surface area contributed by atoms with Crippen molar-refractivity contribution in [3.63, 3.8) is 0 Å². The summed E-state index contributed by atoms with van der Waals surface area (Å²) in [4.78, 5) is 13.2. The van der Waals surface area contributed by atoms with Crippen LogP contribution in [-0.4, -0.2) is 5.91 Å². The second-order valence-corrected chi connectivity index (χ2v) is 9.53. The number of aryl methyl sites for hydroxylation is 2. The Kier molecular flexibility index (Phi) is 7.32. The van der Waals surface area contributed by atoms with E-state index in [1.165, 1.54) is 21.9 Å². The normalized spacial score (nSPS) is 12.0. The van der Waals surface area contributed by atoms with Crippen molar-refractivity contribution in [1.29, 1.82) is 0 Å². The van der Waals surface area contributed by atoms with E-state index in [0.29, 0.717) is 23.8 Å². The molecule has 0 aromatic heterocycles. The first-order chi connectivity index (χ1) is 16.4. The number of hydrogen-bond donors (Lipinski definition) is 1. The number of nitrogens with one attached hydrogen (secondary N) is 1. The summed E-state index contributed by atoms with van der Waals surface area (Å²) in [6.07, 6.45) is 0.881. The van der Waals surface area contributed by atoms with E-state index in [1.54, 1.807) is 0 Å². The van der Waals surface area contributed by atoms with E-state index in [2.05, 4.69) is 75.5 Å². The molecule has 0 aliphatic carbocycles. The molecule has 0 aliphatic heterocycles. The van der Waals surface area contributed by atoms with Crippen molar-refractivity contribution < 1.29 is 9.53 Å². The maximum Gasteiger partial charge on any atom is 0.251 e. The number of amides is 1. The Morgan fingerprint density at radius 3 is 2.32 bits per heavy atom. The molecule has 1 atom stereocenters. The Bertz CT molecular complexity index is 1270. The van der Waals surface area contributed by atoms with Gasteiger partial charge in [0.2, 0.25) is 0 Å². The number of rotatable bonds is 8. The number of ether oxygens (including phenoxy) is 1. The third kappa shape index (κ3) is 5.85. The van der Waals surface area contributed by atoms with Crippen LogP contribution in [0.15, 0.2) is 84.9 Å². The van der Waals surface area contributed by atoms with Gasteiger partial charge in [-0.3, -0.25) is 4.79 Å². The number of fused-ring (bicyclic) bond motifs is 1. The van der Waals surface area contributed by atoms with Crippen molar-refractivity contribution in [3.8, 4) is 5.75 Å². The molecular formula is C31H33NO2. The van der Waals surface area contributed by atoms with E-state index in [4.69, 9.17) is 4.74 Å². The van der Waals surface area contributed by atoms with Gasteiger partial charge in [-0.2, -0.15) is 0 Å². The molecule has 4 rings (SSSR count). The average molecular weight is 452 g/mol. The monoisotopic (exact) mass is 451 g/mol. The highest BCUT2D eigenvalue weighted by Crippen LogP contribution is 2.25. The Hall–Kier alpha value is -3.59. The molecule has 1 amide bonds. The molecule has 1 unspecified atom stereocenters. The van der Waals surface area contributed by atoms with Crippen LogP contribution in [-0.2, 0) is 6.61 Å². The van der Waals surface area contributed by atoms with Crippen LogP contribution >= 0.6 is 0 Å². The van der Waals surface area contributed by atoms with Gasteiger partial charge in [-0.25, -0.2) is 0 Å². The molecule has 0 bridgehead atoms. The molecule has 4 aromatic rings. The summed E-state index contributed by atoms with van der Waals surface area (Å²) >= 11 is 0. The highest BCUT2D eigenvalue weighted by Gasteiger charge is 2.18. The first kappa shape index (κ1) is 23.6. The van der Waals surface area contributed by atoms with Crippen LogP contribution in [0.3, 0.4) is 0 Å². The summed E-state index contributed by atoms with van der Waals surface area (Å²) in [5.41, 5.74) is 5.31. The van der Waals surface area contributed by atoms with E-state index in [9.17, 15) is 4.79 Å². The predicted octanol–water partition coefficient (Wildman–Crippen LogP) is 7.55. The Morgan fingerprint density at radius 1 is 0.853 bits per heavy atom. The molecule has 0 radical (unpaired) electrons. The van der Waals surface area contributed by atoms with Crippen molar-refractivity contribution in [2.75, 3.05) is 0 Å². The van der Waals surface area contributed by atoms with Gasteiger partial charge in [-0.05, 0) is 66.3 Å². The zero-order valence-corrected chi connectivity index (χ0v) is 20.5. The molecule has 3 heteroatoms. The van der Waals surface area contributed by atoms with Crippen molar-refractivity contribution in [2.45, 2.75) is 46.8 Å². The van der Waals surface area contributed by atoms with Crippen LogP contribution in [0, 0.1) is 19.8 Å². The third-order valence-corrected chi connectivity index (χ3v) is 6.03. The SMILES string of the molecule is Cc1cc(C)cc(C(CC(C)C)NC(=O)c2cccc(OCc3cccc4ccccc34)c2)c1. The summed E-state index contributed by atoms with van der Waals surface area (Å²) in [6, 6.07) is 28.4. The predicted molar refractivity (Wildman–Crippen MR) is 140 cm³/mol. The molecule has 3 nitrogen and oxygen atoms in total. The van der Waals surface area contributed by atoms with Gasteiger partial charge in [0.1, 0.15) is 12.4 Å². The summed E-state index contributed by atoms with van der Waals surface area (Å²) in [5, 5.41) is 5.64. The fourth-order valence-corrected chi connectivity index (χ4v) is 4.51. The molecule has 0 saturated heterocycles. The van der Waals surface area contributed by atoms with Crippen molar-refractivity contribution >= 4 is 16.7 Å². The van der Waals surface area contributed by atoms with E-state index in [-0.39, 0.29) is 11.9 Å². The van der Waals surface area contributed by atoms with Crippen molar-refractivity contribution in [1.82, 2.24) is 5.32 Å². The second-order valence-electron chi connectivity index (χ2n) is 9.53. The average Bonchev–Trinajstić information content (AvgIpc) is 2.81. The lowest BCUT2D eigenvalue weighted by atomic mass is 9.94. The highest BCUT2D eigenvalue weighted by atomic mass is 16.5. The molecule has 1 N–H and O–H groups in total. The number of carbonyl (C=O) groups is 1. The van der Waals surface area contributed by atoms with Crippen LogP contribution in [0.4, 0.5) is 0 Å². The van der Waals surface area contributed by atoms with Crippen LogP contribution in [0.25, 0.3) is 10.8 Å². The second kappa shape index (κ2) is 10.6. The van der Waals surface area contributed by atoms with Crippen LogP contribution in [0.1, 0.15) is 58.9 Å². The molecule has 174 valence electrons. The molecule has 0 spiro atoms. The summed E-state index contributed by atoms with van der Waals surface area (Å²) in [7, 11) is 0. The van der Waals surface area contributed by atoms with Gasteiger partial charge in [-0.1, -0.05) is 91.7 Å². The Morgan fingerprint density at radius 2 is 1.56 bits per heavy atom. The van der Waals surface area contributed by atoms with Gasteiger partial charge >= 0.3 is 0 Å². The van der Waals surface area contributed by atoms with E-state index in [0.717, 1.165) is 17.5 Å². The molecule has 34 heavy (non-hydrogen) atoms. The maximum atomic E-state index is 13.2. The Balaban J connectivity index is 1.50. The summed E-state index contributed by atoms with van der Waals surface area (Å²) in [5.74, 6) is 1.06. The molecule has 4 aromatic carbocycles. The fourth-order valence-electron chi connectivity index (χ4n) is 4.51. The van der Waals surface area contributed by atoms with Gasteiger partial charge in [0.15, 0.2) is 0 Å². The van der Waals surface area contributed by atoms with E-state index < -0.39 is 0 Å². The van der Waals surface area contributed by atoms with Gasteiger partial charge in [0.05, 0.1) is 6.04 Å². The minimum Gasteiger partial charge on any atom is -0.489 e. The summed E-state index contributed by atoms with van der Waals surface area (Å²) < 4.78 is 6.10. The van der Waals surface area contributed by atoms with E-state index >= 15 is 0 Å². The number of hydrogen-bond acceptors (Lipinski definition) is 2. The standard InChI is InChI=1S/C31H33NO2/c1-21(2)15-30(27-17-22(3)16-23(4)18-27)32-31(33)25-11-8-13-28(19-25)34-20-26-12-7-10-24-9-5-6-14-29(24)26/h5-14,16-19,21,30H,15,20H2,1-4H3,(H,32,33). The first-order valence-corrected chi connectivity index (χ1v) is 12.0. The fraction of sp³-hybridized carbons (Fsp3) is 0.258. The molecule has 0 saturated carbocycles. The zero-order chi connectivity index (χ0) is 24.1. The van der Waals surface area contributed by atoms with Crippen LogP contribution < -0.4 is 10.1 Å². The van der Waals surface area contributed by atoms with Gasteiger partial charge in [0, 0.05) is 5.56 Å². The van der Waals surface area contributed by atoms with Gasteiger partial charge in [0.25, 0.3) is 5.91 Å². The minimum absolute atomic E-state index is 0.0358. The van der Waals surface area contributed by atoms with Gasteiger partial charge in [-0.15, -0.1) is 0 Å². The lowest BCUT2D eigenvalue weighted by Gasteiger charge is -2.22. The summed E-state index contributed by atoms with van der Waals surface area (Å²) in [6.45, 7) is 9.01. The third-order valence-electron chi connectivity index (χ3n) is 6.03. The minimum atomic E-state index is -0.0829. The number of carbonyl (C=O) groups excluding carboxylic acids is 1. The first-order valence-electron chi connectivity index (χ1n) is 12.0. The maximum absolute atomic E-state index is 13.2. The van der Waals surface area contributed by atoms with Crippen molar-refractivity contribution in [2.24, 2.45) is 5.92 Å². The van der Waals surface area contributed by atoms with Gasteiger partial charge < -0.3 is 10.1 Å². The van der Waals surface area contributed by atoms with E-state index in [1.807, 2.05) is 42.5 Å². The highest BCUT2D eigenvalue weighted by molar-refractivity contribution is 5.94. The largest absolute Gasteiger partial charge is 0.489 e. The topological polar surface area (TPSA) is 38.3 Å². The molecule has 0 fully saturated rings. The molecule has 0 heterocycles. The quantitative estimate of drug-likeness (QED) is 0.300. The van der Waals surface area contributed by atoms with Crippen LogP contribution in [0.5, 0.6) is 5.75 Å².